The Kier molecular flexibility index (Phi) is 6.53. The standard InChI is InChI=1S/C21H29FN2O3S/c1-21(2,3)19(25)8-6-16-14-24(20(26)27-16)15-5-7-18(17(22)13-15)23-9-4-11-28-12-10-23/h5,7,13,16H,4,6,8-12,14H2,1-3H3/t16-/m0/s1. The van der Waals surface area contributed by atoms with Crippen molar-refractivity contribution in [3.63, 3.8) is 0 Å². The van der Waals surface area contributed by atoms with Crippen LogP contribution in [0.25, 0.3) is 0 Å². The summed E-state index contributed by atoms with van der Waals surface area (Å²) in [6, 6.07) is 4.95. The Hall–Kier alpha value is -1.76. The molecule has 0 saturated carbocycles. The van der Waals surface area contributed by atoms with E-state index in [1.54, 1.807) is 12.1 Å². The summed E-state index contributed by atoms with van der Waals surface area (Å²) in [4.78, 5) is 27.9. The van der Waals surface area contributed by atoms with Crippen LogP contribution in [0.5, 0.6) is 0 Å². The Morgan fingerprint density at radius 1 is 1.29 bits per heavy atom. The number of nitrogens with zero attached hydrogens (tertiary/aromatic N) is 2. The van der Waals surface area contributed by atoms with Gasteiger partial charge in [0.05, 0.1) is 17.9 Å². The van der Waals surface area contributed by atoms with E-state index in [0.29, 0.717) is 30.8 Å². The van der Waals surface area contributed by atoms with Crippen LogP contribution in [0.4, 0.5) is 20.6 Å². The van der Waals surface area contributed by atoms with Gasteiger partial charge in [0, 0.05) is 30.7 Å². The van der Waals surface area contributed by atoms with Gasteiger partial charge >= 0.3 is 6.09 Å². The van der Waals surface area contributed by atoms with E-state index in [9.17, 15) is 14.0 Å². The molecule has 2 aliphatic rings. The van der Waals surface area contributed by atoms with Crippen LogP contribution >= 0.6 is 11.8 Å². The van der Waals surface area contributed by atoms with Gasteiger partial charge in [0.2, 0.25) is 0 Å². The van der Waals surface area contributed by atoms with Gasteiger partial charge in [0.15, 0.2) is 0 Å². The number of anilines is 2. The van der Waals surface area contributed by atoms with Crippen LogP contribution in [-0.4, -0.2) is 49.1 Å². The monoisotopic (exact) mass is 408 g/mol. The summed E-state index contributed by atoms with van der Waals surface area (Å²) in [7, 11) is 0. The van der Waals surface area contributed by atoms with Crippen LogP contribution in [0, 0.1) is 11.2 Å². The van der Waals surface area contributed by atoms with Gasteiger partial charge in [-0.25, -0.2) is 9.18 Å². The Bertz CT molecular complexity index is 727. The molecule has 0 aliphatic carbocycles. The lowest BCUT2D eigenvalue weighted by Crippen LogP contribution is -2.28. The lowest BCUT2D eigenvalue weighted by molar-refractivity contribution is -0.126. The van der Waals surface area contributed by atoms with Crippen molar-refractivity contribution in [1.29, 1.82) is 0 Å². The lowest BCUT2D eigenvalue weighted by Gasteiger charge is -2.24. The van der Waals surface area contributed by atoms with Gasteiger partial charge in [-0.15, -0.1) is 0 Å². The molecule has 1 atom stereocenters. The number of thioether (sulfide) groups is 1. The minimum absolute atomic E-state index is 0.146. The number of benzene rings is 1. The number of Topliss-reactive ketones (excluding diaryl/α,β-unsaturated/α-hetero) is 1. The molecule has 2 fully saturated rings. The molecule has 0 bridgehead atoms. The Morgan fingerprint density at radius 3 is 2.79 bits per heavy atom. The van der Waals surface area contributed by atoms with E-state index in [2.05, 4.69) is 4.90 Å². The molecule has 1 aromatic carbocycles. The van der Waals surface area contributed by atoms with Gasteiger partial charge < -0.3 is 9.64 Å². The first-order valence-corrected chi connectivity index (χ1v) is 11.0. The van der Waals surface area contributed by atoms with Crippen LogP contribution in [0.2, 0.25) is 0 Å². The Balaban J connectivity index is 1.64. The van der Waals surface area contributed by atoms with Crippen molar-refractivity contribution in [2.24, 2.45) is 5.41 Å². The van der Waals surface area contributed by atoms with Crippen LogP contribution in [0.15, 0.2) is 18.2 Å². The summed E-state index contributed by atoms with van der Waals surface area (Å²) < 4.78 is 20.2. The SMILES string of the molecule is CC(C)(C)C(=O)CC[C@H]1CN(c2ccc(N3CCCSCC3)c(F)c2)C(=O)O1. The summed E-state index contributed by atoms with van der Waals surface area (Å²) >= 11 is 1.89. The fraction of sp³-hybridized carbons (Fsp3) is 0.619. The number of ketones is 1. The van der Waals surface area contributed by atoms with E-state index in [1.165, 1.54) is 11.0 Å². The predicted molar refractivity (Wildman–Crippen MR) is 112 cm³/mol. The van der Waals surface area contributed by atoms with E-state index >= 15 is 0 Å². The number of hydrogen-bond acceptors (Lipinski definition) is 5. The van der Waals surface area contributed by atoms with E-state index in [1.807, 2.05) is 32.5 Å². The topological polar surface area (TPSA) is 49.9 Å². The molecule has 3 rings (SSSR count). The molecule has 0 N–H and O–H groups in total. The van der Waals surface area contributed by atoms with Crippen molar-refractivity contribution in [2.75, 3.05) is 40.9 Å². The van der Waals surface area contributed by atoms with Gasteiger partial charge in [0.1, 0.15) is 17.7 Å². The van der Waals surface area contributed by atoms with Crippen molar-refractivity contribution < 1.29 is 18.7 Å². The highest BCUT2D eigenvalue weighted by Crippen LogP contribution is 2.30. The molecular weight excluding hydrogens is 379 g/mol. The van der Waals surface area contributed by atoms with Crippen molar-refractivity contribution in [1.82, 2.24) is 0 Å². The second-order valence-corrected chi connectivity index (χ2v) is 9.64. The largest absolute Gasteiger partial charge is 0.444 e. The maximum atomic E-state index is 14.8. The first kappa shape index (κ1) is 21.0. The first-order valence-electron chi connectivity index (χ1n) is 9.89. The highest BCUT2D eigenvalue weighted by molar-refractivity contribution is 7.99. The zero-order valence-corrected chi connectivity index (χ0v) is 17.7. The number of hydrogen-bond donors (Lipinski definition) is 0. The normalized spacial score (nSPS) is 20.9. The highest BCUT2D eigenvalue weighted by atomic mass is 32.2. The summed E-state index contributed by atoms with van der Waals surface area (Å²) in [5, 5.41) is 0. The fourth-order valence-electron chi connectivity index (χ4n) is 3.46. The van der Waals surface area contributed by atoms with Crippen LogP contribution in [0.1, 0.15) is 40.0 Å². The summed E-state index contributed by atoms with van der Waals surface area (Å²) in [6.07, 6.45) is 1.08. The van der Waals surface area contributed by atoms with Crippen molar-refractivity contribution in [3.8, 4) is 0 Å². The zero-order chi connectivity index (χ0) is 20.3. The van der Waals surface area contributed by atoms with Gasteiger partial charge in [-0.1, -0.05) is 20.8 Å². The molecule has 0 spiro atoms. The van der Waals surface area contributed by atoms with E-state index < -0.39 is 11.5 Å². The third-order valence-electron chi connectivity index (χ3n) is 5.21. The molecule has 1 amide bonds. The number of carbonyl (C=O) groups is 2. The summed E-state index contributed by atoms with van der Waals surface area (Å²) in [6.45, 7) is 7.67. The molecule has 0 radical (unpaired) electrons. The second-order valence-electron chi connectivity index (χ2n) is 8.42. The fourth-order valence-corrected chi connectivity index (χ4v) is 4.34. The molecule has 28 heavy (non-hydrogen) atoms. The maximum Gasteiger partial charge on any atom is 0.414 e. The predicted octanol–water partition coefficient (Wildman–Crippen LogP) is 4.49. The molecule has 1 aromatic rings. The molecule has 5 nitrogen and oxygen atoms in total. The molecule has 2 saturated heterocycles. The van der Waals surface area contributed by atoms with Gasteiger partial charge in [-0.2, -0.15) is 11.8 Å². The molecule has 154 valence electrons. The number of cyclic esters (lactones) is 1. The molecule has 7 heteroatoms. The third kappa shape index (κ3) is 4.99. The van der Waals surface area contributed by atoms with Gasteiger partial charge in [-0.3, -0.25) is 9.69 Å². The van der Waals surface area contributed by atoms with E-state index in [4.69, 9.17) is 4.74 Å². The minimum atomic E-state index is -0.480. The summed E-state index contributed by atoms with van der Waals surface area (Å²) in [5.41, 5.74) is 0.693. The van der Waals surface area contributed by atoms with Crippen molar-refractivity contribution in [2.45, 2.75) is 46.1 Å². The second kappa shape index (κ2) is 8.72. The van der Waals surface area contributed by atoms with E-state index in [0.717, 1.165) is 31.0 Å². The number of halogens is 1. The summed E-state index contributed by atoms with van der Waals surface area (Å²) in [5.74, 6) is 1.93. The third-order valence-corrected chi connectivity index (χ3v) is 6.26. The average Bonchev–Trinajstić information content (AvgIpc) is 2.82. The van der Waals surface area contributed by atoms with Crippen LogP contribution in [-0.2, 0) is 9.53 Å². The van der Waals surface area contributed by atoms with Gasteiger partial charge in [0.25, 0.3) is 0 Å². The molecule has 2 heterocycles. The van der Waals surface area contributed by atoms with E-state index in [-0.39, 0.29) is 17.7 Å². The number of amides is 1. The minimum Gasteiger partial charge on any atom is -0.444 e. The highest BCUT2D eigenvalue weighted by Gasteiger charge is 2.34. The Labute approximate surface area is 170 Å². The average molecular weight is 409 g/mol. The zero-order valence-electron chi connectivity index (χ0n) is 16.9. The molecular formula is C21H29FN2O3S. The maximum absolute atomic E-state index is 14.8. The Morgan fingerprint density at radius 2 is 2.07 bits per heavy atom. The van der Waals surface area contributed by atoms with Crippen LogP contribution in [0.3, 0.4) is 0 Å². The number of ether oxygens (including phenoxy) is 1. The van der Waals surface area contributed by atoms with Crippen molar-refractivity contribution in [3.05, 3.63) is 24.0 Å². The molecule has 2 aliphatic heterocycles. The first-order chi connectivity index (χ1) is 13.3. The smallest absolute Gasteiger partial charge is 0.414 e. The molecule has 0 aromatic heterocycles. The quantitative estimate of drug-likeness (QED) is 0.718. The van der Waals surface area contributed by atoms with Crippen LogP contribution < -0.4 is 9.80 Å². The van der Waals surface area contributed by atoms with Gasteiger partial charge in [-0.05, 0) is 36.8 Å². The number of carbonyl (C=O) groups excluding carboxylic acids is 2. The lowest BCUT2D eigenvalue weighted by atomic mass is 9.87. The molecule has 0 unspecified atom stereocenters. The van der Waals surface area contributed by atoms with Crippen molar-refractivity contribution >= 4 is 35.0 Å². The number of rotatable bonds is 5.